The zero-order valence-corrected chi connectivity index (χ0v) is 10.9. The smallest absolute Gasteiger partial charge is 0.0192 e. The topological polar surface area (TPSA) is 24.1 Å². The standard InChI is InChI=1S/C13H28N2/c1-11(2)8-13(3,4)10-14-9-12-6-5-7-15-12/h11-12,14-15H,5-10H2,1-4H3. The van der Waals surface area contributed by atoms with E-state index in [1.807, 2.05) is 0 Å². The van der Waals surface area contributed by atoms with Crippen molar-refractivity contribution in [3.63, 3.8) is 0 Å². The van der Waals surface area contributed by atoms with E-state index in [9.17, 15) is 0 Å². The van der Waals surface area contributed by atoms with Crippen LogP contribution in [0.3, 0.4) is 0 Å². The fraction of sp³-hybridized carbons (Fsp3) is 1.00. The zero-order valence-electron chi connectivity index (χ0n) is 10.9. The minimum absolute atomic E-state index is 0.437. The van der Waals surface area contributed by atoms with Gasteiger partial charge in [0.05, 0.1) is 0 Å². The Labute approximate surface area is 95.2 Å². The fourth-order valence-electron chi connectivity index (χ4n) is 2.69. The Morgan fingerprint density at radius 1 is 1.40 bits per heavy atom. The van der Waals surface area contributed by atoms with Crippen molar-refractivity contribution in [3.8, 4) is 0 Å². The van der Waals surface area contributed by atoms with E-state index >= 15 is 0 Å². The predicted octanol–water partition coefficient (Wildman–Crippen LogP) is 2.40. The summed E-state index contributed by atoms with van der Waals surface area (Å²) < 4.78 is 0. The molecule has 2 heteroatoms. The van der Waals surface area contributed by atoms with Crippen molar-refractivity contribution in [2.45, 2.75) is 53.0 Å². The van der Waals surface area contributed by atoms with Crippen LogP contribution in [0.15, 0.2) is 0 Å². The molecule has 0 aromatic rings. The Kier molecular flexibility index (Phi) is 5.07. The highest BCUT2D eigenvalue weighted by molar-refractivity contribution is 4.79. The van der Waals surface area contributed by atoms with Crippen molar-refractivity contribution in [1.29, 1.82) is 0 Å². The summed E-state index contributed by atoms with van der Waals surface area (Å²) in [6, 6.07) is 0.722. The summed E-state index contributed by atoms with van der Waals surface area (Å²) in [5, 5.41) is 7.13. The Bertz CT molecular complexity index is 169. The van der Waals surface area contributed by atoms with E-state index in [0.29, 0.717) is 5.41 Å². The van der Waals surface area contributed by atoms with Crippen LogP contribution < -0.4 is 10.6 Å². The van der Waals surface area contributed by atoms with Crippen LogP contribution in [0.1, 0.15) is 47.0 Å². The molecular weight excluding hydrogens is 184 g/mol. The maximum atomic E-state index is 3.61. The third-order valence-electron chi connectivity index (χ3n) is 3.12. The molecule has 1 saturated heterocycles. The lowest BCUT2D eigenvalue weighted by atomic mass is 9.84. The second kappa shape index (κ2) is 5.86. The molecule has 1 atom stereocenters. The van der Waals surface area contributed by atoms with E-state index in [0.717, 1.165) is 25.0 Å². The number of hydrogen-bond donors (Lipinski definition) is 2. The molecule has 1 rings (SSSR count). The van der Waals surface area contributed by atoms with Crippen LogP contribution in [0.5, 0.6) is 0 Å². The zero-order chi connectivity index (χ0) is 11.3. The highest BCUT2D eigenvalue weighted by Gasteiger charge is 2.20. The van der Waals surface area contributed by atoms with Crippen LogP contribution in [-0.4, -0.2) is 25.7 Å². The Morgan fingerprint density at radius 2 is 2.13 bits per heavy atom. The normalized spacial score (nSPS) is 22.6. The lowest BCUT2D eigenvalue weighted by Gasteiger charge is -2.27. The number of hydrogen-bond acceptors (Lipinski definition) is 2. The molecule has 0 bridgehead atoms. The monoisotopic (exact) mass is 212 g/mol. The Morgan fingerprint density at radius 3 is 2.67 bits per heavy atom. The molecule has 0 aromatic heterocycles. The van der Waals surface area contributed by atoms with Gasteiger partial charge in [0.15, 0.2) is 0 Å². The van der Waals surface area contributed by atoms with Gasteiger partial charge in [0.25, 0.3) is 0 Å². The molecule has 0 spiro atoms. The minimum Gasteiger partial charge on any atom is -0.315 e. The first kappa shape index (κ1) is 13.0. The molecule has 0 saturated carbocycles. The molecule has 1 aliphatic heterocycles. The highest BCUT2D eigenvalue weighted by atomic mass is 15.0. The third kappa shape index (κ3) is 5.53. The Hall–Kier alpha value is -0.0800. The quantitative estimate of drug-likeness (QED) is 0.706. The van der Waals surface area contributed by atoms with Gasteiger partial charge in [-0.25, -0.2) is 0 Å². The van der Waals surface area contributed by atoms with E-state index in [2.05, 4.69) is 38.3 Å². The summed E-state index contributed by atoms with van der Waals surface area (Å²) in [4.78, 5) is 0. The van der Waals surface area contributed by atoms with E-state index in [1.54, 1.807) is 0 Å². The third-order valence-corrected chi connectivity index (χ3v) is 3.12. The van der Waals surface area contributed by atoms with E-state index in [1.165, 1.54) is 25.8 Å². The summed E-state index contributed by atoms with van der Waals surface area (Å²) in [6.07, 6.45) is 4.00. The van der Waals surface area contributed by atoms with Gasteiger partial charge in [-0.05, 0) is 37.1 Å². The first-order valence-electron chi connectivity index (χ1n) is 6.44. The molecule has 1 unspecified atom stereocenters. The van der Waals surface area contributed by atoms with E-state index < -0.39 is 0 Å². The largest absolute Gasteiger partial charge is 0.315 e. The molecule has 0 aliphatic carbocycles. The molecule has 2 nitrogen and oxygen atoms in total. The molecule has 0 radical (unpaired) electrons. The summed E-state index contributed by atoms with van der Waals surface area (Å²) in [5.41, 5.74) is 0.437. The summed E-state index contributed by atoms with van der Waals surface area (Å²) >= 11 is 0. The maximum Gasteiger partial charge on any atom is 0.0192 e. The summed E-state index contributed by atoms with van der Waals surface area (Å²) in [7, 11) is 0. The van der Waals surface area contributed by atoms with Gasteiger partial charge < -0.3 is 10.6 Å². The molecule has 1 aliphatic rings. The van der Waals surface area contributed by atoms with Crippen LogP contribution in [0.2, 0.25) is 0 Å². The maximum absolute atomic E-state index is 3.61. The minimum atomic E-state index is 0.437. The van der Waals surface area contributed by atoms with Crippen molar-refractivity contribution >= 4 is 0 Å². The molecule has 15 heavy (non-hydrogen) atoms. The molecule has 2 N–H and O–H groups in total. The molecule has 90 valence electrons. The number of nitrogens with one attached hydrogen (secondary N) is 2. The van der Waals surface area contributed by atoms with Gasteiger partial charge in [-0.15, -0.1) is 0 Å². The predicted molar refractivity (Wildman–Crippen MR) is 67.1 cm³/mol. The molecule has 0 amide bonds. The van der Waals surface area contributed by atoms with Gasteiger partial charge in [0.1, 0.15) is 0 Å². The second-order valence-corrected chi connectivity index (χ2v) is 6.19. The average molecular weight is 212 g/mol. The van der Waals surface area contributed by atoms with Crippen LogP contribution in [-0.2, 0) is 0 Å². The molecular formula is C13H28N2. The van der Waals surface area contributed by atoms with Crippen molar-refractivity contribution in [1.82, 2.24) is 10.6 Å². The van der Waals surface area contributed by atoms with Gasteiger partial charge >= 0.3 is 0 Å². The first-order chi connectivity index (χ1) is 6.99. The van der Waals surface area contributed by atoms with Gasteiger partial charge in [-0.1, -0.05) is 27.7 Å². The van der Waals surface area contributed by atoms with Crippen molar-refractivity contribution in [2.24, 2.45) is 11.3 Å². The fourth-order valence-corrected chi connectivity index (χ4v) is 2.69. The summed E-state index contributed by atoms with van der Waals surface area (Å²) in [6.45, 7) is 12.8. The molecule has 1 fully saturated rings. The lowest BCUT2D eigenvalue weighted by Crippen LogP contribution is -2.38. The highest BCUT2D eigenvalue weighted by Crippen LogP contribution is 2.24. The second-order valence-electron chi connectivity index (χ2n) is 6.19. The van der Waals surface area contributed by atoms with Gasteiger partial charge in [-0.2, -0.15) is 0 Å². The SMILES string of the molecule is CC(C)CC(C)(C)CNCC1CCCN1. The van der Waals surface area contributed by atoms with Crippen LogP contribution in [0.4, 0.5) is 0 Å². The van der Waals surface area contributed by atoms with Crippen LogP contribution >= 0.6 is 0 Å². The van der Waals surface area contributed by atoms with E-state index in [-0.39, 0.29) is 0 Å². The Balaban J connectivity index is 2.11. The van der Waals surface area contributed by atoms with Gasteiger partial charge in [0.2, 0.25) is 0 Å². The van der Waals surface area contributed by atoms with Gasteiger partial charge in [-0.3, -0.25) is 0 Å². The molecule has 0 aromatic carbocycles. The number of rotatable bonds is 6. The average Bonchev–Trinajstić information content (AvgIpc) is 2.53. The lowest BCUT2D eigenvalue weighted by molar-refractivity contribution is 0.270. The first-order valence-corrected chi connectivity index (χ1v) is 6.44. The van der Waals surface area contributed by atoms with E-state index in [4.69, 9.17) is 0 Å². The summed E-state index contributed by atoms with van der Waals surface area (Å²) in [5.74, 6) is 0.798. The van der Waals surface area contributed by atoms with Crippen LogP contribution in [0, 0.1) is 11.3 Å². The van der Waals surface area contributed by atoms with Crippen LogP contribution in [0.25, 0.3) is 0 Å². The van der Waals surface area contributed by atoms with Crippen molar-refractivity contribution in [2.75, 3.05) is 19.6 Å². The van der Waals surface area contributed by atoms with Gasteiger partial charge in [0, 0.05) is 19.1 Å². The van der Waals surface area contributed by atoms with Crippen molar-refractivity contribution < 1.29 is 0 Å². The van der Waals surface area contributed by atoms with Crippen molar-refractivity contribution in [3.05, 3.63) is 0 Å². The molecule has 1 heterocycles.